The summed E-state index contributed by atoms with van der Waals surface area (Å²) in [5.41, 5.74) is 1.77. The highest BCUT2D eigenvalue weighted by atomic mass is 35.5. The van der Waals surface area contributed by atoms with Gasteiger partial charge in [-0.3, -0.25) is 9.59 Å². The molecule has 28 heavy (non-hydrogen) atoms. The molecular formula is C20H18ClF3N2O2. The third-order valence-corrected chi connectivity index (χ3v) is 5.18. The molecule has 0 spiro atoms. The van der Waals surface area contributed by atoms with E-state index in [4.69, 9.17) is 11.6 Å². The van der Waals surface area contributed by atoms with E-state index in [2.05, 4.69) is 5.32 Å². The lowest BCUT2D eigenvalue weighted by molar-refractivity contribution is -0.137. The number of nitrogens with zero attached hydrogens (tertiary/aromatic N) is 1. The highest BCUT2D eigenvalue weighted by Gasteiger charge is 2.36. The van der Waals surface area contributed by atoms with Crippen molar-refractivity contribution in [3.63, 3.8) is 0 Å². The summed E-state index contributed by atoms with van der Waals surface area (Å²) in [7, 11) is 0. The van der Waals surface area contributed by atoms with E-state index < -0.39 is 23.6 Å². The summed E-state index contributed by atoms with van der Waals surface area (Å²) in [6, 6.07) is 8.30. The van der Waals surface area contributed by atoms with Crippen LogP contribution >= 0.6 is 11.6 Å². The van der Waals surface area contributed by atoms with Gasteiger partial charge in [0.05, 0.1) is 22.2 Å². The number of aryl methyl sites for hydroxylation is 2. The molecule has 0 bridgehead atoms. The van der Waals surface area contributed by atoms with Crippen LogP contribution < -0.4 is 10.2 Å². The number of hydrogen-bond donors (Lipinski definition) is 1. The van der Waals surface area contributed by atoms with E-state index in [1.165, 1.54) is 4.90 Å². The first kappa shape index (κ1) is 20.2. The van der Waals surface area contributed by atoms with Crippen LogP contribution in [0.5, 0.6) is 0 Å². The van der Waals surface area contributed by atoms with Gasteiger partial charge in [0.25, 0.3) is 0 Å². The number of rotatable bonds is 3. The van der Waals surface area contributed by atoms with Crippen LogP contribution in [0.15, 0.2) is 36.4 Å². The van der Waals surface area contributed by atoms with Crippen LogP contribution in [-0.4, -0.2) is 18.4 Å². The van der Waals surface area contributed by atoms with Crippen molar-refractivity contribution in [1.82, 2.24) is 0 Å². The second-order valence-electron chi connectivity index (χ2n) is 6.86. The summed E-state index contributed by atoms with van der Waals surface area (Å²) in [6.45, 7) is 4.04. The maximum atomic E-state index is 12.9. The molecule has 8 heteroatoms. The Hall–Kier alpha value is -2.54. The lowest BCUT2D eigenvalue weighted by atomic mass is 10.1. The number of amides is 2. The highest BCUT2D eigenvalue weighted by Crippen LogP contribution is 2.34. The zero-order valence-electron chi connectivity index (χ0n) is 15.2. The van der Waals surface area contributed by atoms with Crippen LogP contribution in [0, 0.1) is 19.8 Å². The molecule has 1 heterocycles. The molecule has 1 aliphatic heterocycles. The fraction of sp³-hybridized carbons (Fsp3) is 0.300. The highest BCUT2D eigenvalue weighted by molar-refractivity contribution is 6.33. The first-order valence-corrected chi connectivity index (χ1v) is 8.99. The predicted octanol–water partition coefficient (Wildman–Crippen LogP) is 4.97. The van der Waals surface area contributed by atoms with Crippen molar-refractivity contribution < 1.29 is 22.8 Å². The van der Waals surface area contributed by atoms with Crippen LogP contribution in [-0.2, 0) is 15.8 Å². The molecule has 0 unspecified atom stereocenters. The Morgan fingerprint density at radius 3 is 2.50 bits per heavy atom. The van der Waals surface area contributed by atoms with Crippen LogP contribution in [0.1, 0.15) is 23.1 Å². The summed E-state index contributed by atoms with van der Waals surface area (Å²) in [5, 5.41) is 2.42. The van der Waals surface area contributed by atoms with E-state index in [-0.39, 0.29) is 29.6 Å². The van der Waals surface area contributed by atoms with E-state index in [0.29, 0.717) is 5.69 Å². The second-order valence-corrected chi connectivity index (χ2v) is 7.26. The first-order valence-electron chi connectivity index (χ1n) is 8.61. The van der Waals surface area contributed by atoms with Gasteiger partial charge in [-0.15, -0.1) is 0 Å². The summed E-state index contributed by atoms with van der Waals surface area (Å²) >= 11 is 5.92. The van der Waals surface area contributed by atoms with Gasteiger partial charge in [0.1, 0.15) is 0 Å². The van der Waals surface area contributed by atoms with Gasteiger partial charge in [0.15, 0.2) is 0 Å². The summed E-state index contributed by atoms with van der Waals surface area (Å²) in [6.07, 6.45) is -4.57. The molecule has 3 rings (SSSR count). The summed E-state index contributed by atoms with van der Waals surface area (Å²) < 4.78 is 38.6. The Morgan fingerprint density at radius 1 is 1.14 bits per heavy atom. The molecule has 1 aliphatic rings. The van der Waals surface area contributed by atoms with Crippen molar-refractivity contribution in [2.45, 2.75) is 26.4 Å². The van der Waals surface area contributed by atoms with E-state index in [1.54, 1.807) is 0 Å². The minimum Gasteiger partial charge on any atom is -0.324 e. The standard InChI is InChI=1S/C20H18ClF3N2O2/c1-11-3-5-15(7-12(11)2)26-10-13(8-18(26)27)19(28)25-17-9-14(20(22,23)24)4-6-16(17)21/h3-7,9,13H,8,10H2,1-2H3,(H,25,28)/t13-/m0/s1. The molecule has 1 atom stereocenters. The summed E-state index contributed by atoms with van der Waals surface area (Å²) in [5.74, 6) is -1.43. The molecule has 1 saturated heterocycles. The van der Waals surface area contributed by atoms with Gasteiger partial charge >= 0.3 is 6.18 Å². The maximum absolute atomic E-state index is 12.9. The maximum Gasteiger partial charge on any atom is 0.416 e. The van der Waals surface area contributed by atoms with E-state index in [0.717, 1.165) is 29.3 Å². The Labute approximate surface area is 165 Å². The SMILES string of the molecule is Cc1ccc(N2C[C@@H](C(=O)Nc3cc(C(F)(F)F)ccc3Cl)CC2=O)cc1C. The van der Waals surface area contributed by atoms with Gasteiger partial charge in [0.2, 0.25) is 11.8 Å². The number of anilines is 2. The fourth-order valence-electron chi connectivity index (χ4n) is 3.06. The molecule has 1 N–H and O–H groups in total. The third-order valence-electron chi connectivity index (χ3n) is 4.85. The van der Waals surface area contributed by atoms with E-state index in [9.17, 15) is 22.8 Å². The topological polar surface area (TPSA) is 49.4 Å². The summed E-state index contributed by atoms with van der Waals surface area (Å²) in [4.78, 5) is 26.4. The van der Waals surface area contributed by atoms with Gasteiger partial charge in [-0.05, 0) is 55.3 Å². The van der Waals surface area contributed by atoms with Gasteiger partial charge in [0, 0.05) is 18.7 Å². The zero-order chi connectivity index (χ0) is 20.6. The molecule has 2 aromatic carbocycles. The Balaban J connectivity index is 1.76. The third kappa shape index (κ3) is 4.14. The molecule has 0 radical (unpaired) electrons. The van der Waals surface area contributed by atoms with Crippen molar-refractivity contribution in [1.29, 1.82) is 0 Å². The average Bonchev–Trinajstić information content (AvgIpc) is 3.00. The van der Waals surface area contributed by atoms with E-state index in [1.807, 2.05) is 32.0 Å². The van der Waals surface area contributed by atoms with Crippen molar-refractivity contribution in [3.05, 3.63) is 58.1 Å². The lowest BCUT2D eigenvalue weighted by Crippen LogP contribution is -2.28. The molecule has 0 aliphatic carbocycles. The number of hydrogen-bond acceptors (Lipinski definition) is 2. The van der Waals surface area contributed by atoms with Crippen LogP contribution in [0.4, 0.5) is 24.5 Å². The molecular weight excluding hydrogens is 393 g/mol. The lowest BCUT2D eigenvalue weighted by Gasteiger charge is -2.18. The number of carbonyl (C=O) groups is 2. The van der Waals surface area contributed by atoms with E-state index >= 15 is 0 Å². The number of halogens is 4. The first-order chi connectivity index (χ1) is 13.1. The van der Waals surface area contributed by atoms with Crippen LogP contribution in [0.3, 0.4) is 0 Å². The smallest absolute Gasteiger partial charge is 0.324 e. The van der Waals surface area contributed by atoms with Crippen molar-refractivity contribution >= 4 is 34.8 Å². The van der Waals surface area contributed by atoms with Crippen LogP contribution in [0.25, 0.3) is 0 Å². The second kappa shape index (κ2) is 7.47. The number of benzene rings is 2. The Kier molecular flexibility index (Phi) is 5.39. The van der Waals surface area contributed by atoms with Gasteiger partial charge in [-0.1, -0.05) is 17.7 Å². The minimum atomic E-state index is -4.55. The molecule has 2 aromatic rings. The number of alkyl halides is 3. The van der Waals surface area contributed by atoms with Crippen molar-refractivity contribution in [3.8, 4) is 0 Å². The normalized spacial score (nSPS) is 17.1. The Morgan fingerprint density at radius 2 is 1.86 bits per heavy atom. The predicted molar refractivity (Wildman–Crippen MR) is 101 cm³/mol. The quantitative estimate of drug-likeness (QED) is 0.776. The van der Waals surface area contributed by atoms with Crippen molar-refractivity contribution in [2.24, 2.45) is 5.92 Å². The minimum absolute atomic E-state index is 0.00307. The van der Waals surface area contributed by atoms with Gasteiger partial charge in [-0.2, -0.15) is 13.2 Å². The Bertz CT molecular complexity index is 944. The number of nitrogens with one attached hydrogen (secondary N) is 1. The van der Waals surface area contributed by atoms with Crippen molar-refractivity contribution in [2.75, 3.05) is 16.8 Å². The van der Waals surface area contributed by atoms with Gasteiger partial charge < -0.3 is 10.2 Å². The van der Waals surface area contributed by atoms with Crippen LogP contribution in [0.2, 0.25) is 5.02 Å². The molecule has 0 aromatic heterocycles. The average molecular weight is 411 g/mol. The molecule has 0 saturated carbocycles. The molecule has 4 nitrogen and oxygen atoms in total. The fourth-order valence-corrected chi connectivity index (χ4v) is 3.22. The largest absolute Gasteiger partial charge is 0.416 e. The molecule has 1 fully saturated rings. The number of carbonyl (C=O) groups excluding carboxylic acids is 2. The molecule has 2 amide bonds. The monoisotopic (exact) mass is 410 g/mol. The van der Waals surface area contributed by atoms with Gasteiger partial charge in [-0.25, -0.2) is 0 Å². The molecule has 148 valence electrons. The zero-order valence-corrected chi connectivity index (χ0v) is 16.0.